The van der Waals surface area contributed by atoms with Gasteiger partial charge in [-0.2, -0.15) is 5.10 Å². The molecule has 0 spiro atoms. The van der Waals surface area contributed by atoms with Crippen LogP contribution in [0.2, 0.25) is 0 Å². The molecule has 0 saturated heterocycles. The molecule has 1 aliphatic carbocycles. The molecule has 0 bridgehead atoms. The summed E-state index contributed by atoms with van der Waals surface area (Å²) in [6.07, 6.45) is 3.74. The van der Waals surface area contributed by atoms with Crippen molar-refractivity contribution in [2.75, 3.05) is 5.32 Å². The fourth-order valence-electron chi connectivity index (χ4n) is 2.76. The first-order valence-corrected chi connectivity index (χ1v) is 7.67. The van der Waals surface area contributed by atoms with Gasteiger partial charge in [0.05, 0.1) is 5.71 Å². The summed E-state index contributed by atoms with van der Waals surface area (Å²) in [4.78, 5) is 23.7. The van der Waals surface area contributed by atoms with Crippen LogP contribution in [0.15, 0.2) is 41.0 Å². The zero-order chi connectivity index (χ0) is 17.0. The Morgan fingerprint density at radius 2 is 1.70 bits per heavy atom. The molecule has 0 radical (unpaired) electrons. The third kappa shape index (κ3) is 5.06. The number of nitrogens with zero attached hydrogens (tertiary/aromatic N) is 1. The predicted octanol–water partition coefficient (Wildman–Crippen LogP) is 3.17. The highest BCUT2D eigenvalue weighted by atomic mass is 16.2. The topological polar surface area (TPSA) is 70.6 Å². The molecule has 0 atom stereocenters. The van der Waals surface area contributed by atoms with Crippen LogP contribution in [0.3, 0.4) is 0 Å². The standard InChI is InChI=1S/C18H23N3O2/c1-12-5-7-14(8-6-12)19-16(22)17(23)21-20-15-9-13(2)10-18(3,4)11-15/h5-9H,10-11H2,1-4H3,(H,19,22)(H,21,23)/b20-15-. The van der Waals surface area contributed by atoms with Crippen LogP contribution in [0.1, 0.15) is 39.2 Å². The molecular formula is C18H23N3O2. The monoisotopic (exact) mass is 313 g/mol. The molecule has 2 rings (SSSR count). The van der Waals surface area contributed by atoms with E-state index < -0.39 is 11.8 Å². The Morgan fingerprint density at radius 3 is 2.30 bits per heavy atom. The van der Waals surface area contributed by atoms with E-state index in [1.165, 1.54) is 5.57 Å². The van der Waals surface area contributed by atoms with Gasteiger partial charge in [-0.3, -0.25) is 9.59 Å². The van der Waals surface area contributed by atoms with Crippen LogP contribution in [-0.2, 0) is 9.59 Å². The number of aryl methyl sites for hydroxylation is 1. The largest absolute Gasteiger partial charge is 0.329 e. The molecule has 1 aromatic carbocycles. The van der Waals surface area contributed by atoms with Crippen molar-refractivity contribution in [3.8, 4) is 0 Å². The molecule has 1 aliphatic rings. The van der Waals surface area contributed by atoms with Gasteiger partial charge in [0.2, 0.25) is 0 Å². The van der Waals surface area contributed by atoms with Crippen molar-refractivity contribution < 1.29 is 9.59 Å². The van der Waals surface area contributed by atoms with E-state index in [0.717, 1.165) is 24.1 Å². The second-order valence-electron chi connectivity index (χ2n) is 6.87. The van der Waals surface area contributed by atoms with Crippen LogP contribution in [0.4, 0.5) is 5.69 Å². The van der Waals surface area contributed by atoms with Crippen molar-refractivity contribution in [2.24, 2.45) is 10.5 Å². The van der Waals surface area contributed by atoms with Crippen molar-refractivity contribution in [2.45, 2.75) is 40.5 Å². The summed E-state index contributed by atoms with van der Waals surface area (Å²) >= 11 is 0. The van der Waals surface area contributed by atoms with Crippen molar-refractivity contribution in [1.82, 2.24) is 5.43 Å². The van der Waals surface area contributed by atoms with Gasteiger partial charge in [0.25, 0.3) is 0 Å². The first-order valence-electron chi connectivity index (χ1n) is 7.67. The third-order valence-electron chi connectivity index (χ3n) is 3.65. The van der Waals surface area contributed by atoms with E-state index in [0.29, 0.717) is 5.69 Å². The molecule has 2 N–H and O–H groups in total. The summed E-state index contributed by atoms with van der Waals surface area (Å²) in [7, 11) is 0. The second-order valence-corrected chi connectivity index (χ2v) is 6.87. The van der Waals surface area contributed by atoms with Crippen molar-refractivity contribution in [3.63, 3.8) is 0 Å². The molecular weight excluding hydrogens is 290 g/mol. The van der Waals surface area contributed by atoms with Crippen LogP contribution in [0, 0.1) is 12.3 Å². The first kappa shape index (κ1) is 16.9. The quantitative estimate of drug-likeness (QED) is 0.650. The Kier molecular flexibility index (Phi) is 4.98. The van der Waals surface area contributed by atoms with E-state index in [4.69, 9.17) is 0 Å². The highest BCUT2D eigenvalue weighted by Gasteiger charge is 2.25. The summed E-state index contributed by atoms with van der Waals surface area (Å²) in [6.45, 7) is 8.31. The number of hydrogen-bond acceptors (Lipinski definition) is 3. The Labute approximate surface area is 136 Å². The molecule has 23 heavy (non-hydrogen) atoms. The van der Waals surface area contributed by atoms with Gasteiger partial charge in [-0.05, 0) is 50.3 Å². The molecule has 1 aromatic rings. The number of rotatable bonds is 2. The summed E-state index contributed by atoms with van der Waals surface area (Å²) in [5, 5.41) is 6.63. The lowest BCUT2D eigenvalue weighted by Crippen LogP contribution is -2.33. The minimum Gasteiger partial charge on any atom is -0.318 e. The average molecular weight is 313 g/mol. The Balaban J connectivity index is 1.96. The Hall–Kier alpha value is -2.43. The SMILES string of the molecule is CC1=C/C(=N/NC(=O)C(=O)Nc2ccc(C)cc2)CC(C)(C)C1. The van der Waals surface area contributed by atoms with Crippen molar-refractivity contribution >= 4 is 23.2 Å². The number of allylic oxidation sites excluding steroid dienone is 2. The van der Waals surface area contributed by atoms with E-state index >= 15 is 0 Å². The van der Waals surface area contributed by atoms with Gasteiger partial charge in [0.15, 0.2) is 0 Å². The highest BCUT2D eigenvalue weighted by Crippen LogP contribution is 2.33. The number of amides is 2. The van der Waals surface area contributed by atoms with Crippen LogP contribution >= 0.6 is 0 Å². The van der Waals surface area contributed by atoms with Gasteiger partial charge < -0.3 is 5.32 Å². The lowest BCUT2D eigenvalue weighted by molar-refractivity contribution is -0.136. The lowest BCUT2D eigenvalue weighted by atomic mass is 9.77. The maximum Gasteiger partial charge on any atom is 0.329 e. The Morgan fingerprint density at radius 1 is 1.04 bits per heavy atom. The summed E-state index contributed by atoms with van der Waals surface area (Å²) in [5.41, 5.74) is 6.13. The molecule has 0 heterocycles. The van der Waals surface area contributed by atoms with Gasteiger partial charge in [0.1, 0.15) is 0 Å². The van der Waals surface area contributed by atoms with Crippen LogP contribution in [-0.4, -0.2) is 17.5 Å². The van der Waals surface area contributed by atoms with E-state index in [1.54, 1.807) is 12.1 Å². The molecule has 0 unspecified atom stereocenters. The number of benzene rings is 1. The highest BCUT2D eigenvalue weighted by molar-refractivity contribution is 6.39. The van der Waals surface area contributed by atoms with E-state index in [2.05, 4.69) is 29.7 Å². The number of carbonyl (C=O) groups is 2. The fraction of sp³-hybridized carbons (Fsp3) is 0.389. The average Bonchev–Trinajstić information content (AvgIpc) is 2.45. The number of nitrogens with one attached hydrogen (secondary N) is 2. The summed E-state index contributed by atoms with van der Waals surface area (Å²) < 4.78 is 0. The second kappa shape index (κ2) is 6.77. The van der Waals surface area contributed by atoms with Crippen LogP contribution in [0.25, 0.3) is 0 Å². The normalized spacial score (nSPS) is 18.3. The van der Waals surface area contributed by atoms with Gasteiger partial charge >= 0.3 is 11.8 Å². The van der Waals surface area contributed by atoms with Gasteiger partial charge in [-0.15, -0.1) is 0 Å². The van der Waals surface area contributed by atoms with Gasteiger partial charge in [0, 0.05) is 5.69 Å². The molecule has 122 valence electrons. The number of anilines is 1. The van der Waals surface area contributed by atoms with Crippen LogP contribution in [0.5, 0.6) is 0 Å². The zero-order valence-corrected chi connectivity index (χ0v) is 14.1. The molecule has 0 saturated carbocycles. The molecule has 5 nitrogen and oxygen atoms in total. The van der Waals surface area contributed by atoms with Gasteiger partial charge in [-0.25, -0.2) is 5.43 Å². The molecule has 2 amide bonds. The minimum absolute atomic E-state index is 0.118. The summed E-state index contributed by atoms with van der Waals surface area (Å²) in [5.74, 6) is -1.50. The fourth-order valence-corrected chi connectivity index (χ4v) is 2.76. The third-order valence-corrected chi connectivity index (χ3v) is 3.65. The minimum atomic E-state index is -0.771. The number of hydrazone groups is 1. The maximum atomic E-state index is 11.9. The smallest absolute Gasteiger partial charge is 0.318 e. The van der Waals surface area contributed by atoms with Crippen molar-refractivity contribution in [1.29, 1.82) is 0 Å². The molecule has 0 fully saturated rings. The van der Waals surface area contributed by atoms with Gasteiger partial charge in [-0.1, -0.05) is 37.1 Å². The molecule has 5 heteroatoms. The van der Waals surface area contributed by atoms with Crippen molar-refractivity contribution in [3.05, 3.63) is 41.5 Å². The molecule has 0 aliphatic heterocycles. The zero-order valence-electron chi connectivity index (χ0n) is 14.1. The lowest BCUT2D eigenvalue weighted by Gasteiger charge is -2.29. The van der Waals surface area contributed by atoms with E-state index in [-0.39, 0.29) is 5.41 Å². The van der Waals surface area contributed by atoms with E-state index in [9.17, 15) is 9.59 Å². The Bertz CT molecular complexity index is 670. The molecule has 0 aromatic heterocycles. The first-order chi connectivity index (χ1) is 10.7. The number of carbonyl (C=O) groups excluding carboxylic acids is 2. The summed E-state index contributed by atoms with van der Waals surface area (Å²) in [6, 6.07) is 7.24. The predicted molar refractivity (Wildman–Crippen MR) is 92.2 cm³/mol. The van der Waals surface area contributed by atoms with Crippen LogP contribution < -0.4 is 10.7 Å². The van der Waals surface area contributed by atoms with E-state index in [1.807, 2.05) is 32.1 Å². The maximum absolute atomic E-state index is 11.9. The number of hydrogen-bond donors (Lipinski definition) is 2.